The monoisotopic (exact) mass is 317 g/mol. The smallest absolute Gasteiger partial charge is 0.282 e. The summed E-state index contributed by atoms with van der Waals surface area (Å²) >= 11 is 0. The molecule has 0 radical (unpaired) electrons. The first-order chi connectivity index (χ1) is 9.96. The van der Waals surface area contributed by atoms with Crippen LogP contribution in [0, 0.1) is 5.92 Å². The third-order valence-electron chi connectivity index (χ3n) is 4.42. The van der Waals surface area contributed by atoms with E-state index in [2.05, 4.69) is 12.2 Å². The van der Waals surface area contributed by atoms with E-state index in [1.165, 1.54) is 4.31 Å². The van der Waals surface area contributed by atoms with Gasteiger partial charge in [-0.15, -0.1) is 0 Å². The Labute approximate surface area is 128 Å². The van der Waals surface area contributed by atoms with E-state index < -0.39 is 16.3 Å². The lowest BCUT2D eigenvalue weighted by molar-refractivity contribution is -0.124. The van der Waals surface area contributed by atoms with Crippen molar-refractivity contribution < 1.29 is 13.2 Å². The Hall–Kier alpha value is -0.660. The molecule has 2 rings (SSSR count). The van der Waals surface area contributed by atoms with Crippen molar-refractivity contribution in [2.24, 2.45) is 5.92 Å². The summed E-state index contributed by atoms with van der Waals surface area (Å²) in [5, 5.41) is 2.82. The first-order valence-corrected chi connectivity index (χ1v) is 9.41. The van der Waals surface area contributed by atoms with Crippen molar-refractivity contribution in [2.45, 2.75) is 52.0 Å². The van der Waals surface area contributed by atoms with Crippen molar-refractivity contribution in [3.63, 3.8) is 0 Å². The number of carbonyl (C=O) groups excluding carboxylic acids is 1. The van der Waals surface area contributed by atoms with Crippen LogP contribution in [0.5, 0.6) is 0 Å². The van der Waals surface area contributed by atoms with Gasteiger partial charge in [0.05, 0.1) is 0 Å². The molecule has 0 aromatic carbocycles. The molecular weight excluding hydrogens is 290 g/mol. The third kappa shape index (κ3) is 3.76. The first-order valence-electron chi connectivity index (χ1n) is 8.01. The fourth-order valence-corrected chi connectivity index (χ4v) is 4.86. The van der Waals surface area contributed by atoms with E-state index in [1.807, 2.05) is 6.92 Å². The number of amides is 1. The van der Waals surface area contributed by atoms with Gasteiger partial charge in [-0.2, -0.15) is 17.0 Å². The van der Waals surface area contributed by atoms with Crippen LogP contribution < -0.4 is 5.32 Å². The van der Waals surface area contributed by atoms with Gasteiger partial charge in [-0.25, -0.2) is 0 Å². The molecule has 0 bridgehead atoms. The highest BCUT2D eigenvalue weighted by molar-refractivity contribution is 7.86. The van der Waals surface area contributed by atoms with Crippen LogP contribution in [-0.2, 0) is 15.0 Å². The van der Waals surface area contributed by atoms with E-state index in [9.17, 15) is 13.2 Å². The zero-order chi connectivity index (χ0) is 15.5. The molecule has 0 spiro atoms. The van der Waals surface area contributed by atoms with E-state index in [-0.39, 0.29) is 5.91 Å². The Morgan fingerprint density at radius 3 is 2.48 bits per heavy atom. The molecule has 0 aromatic rings. The summed E-state index contributed by atoms with van der Waals surface area (Å²) < 4.78 is 28.5. The standard InChI is InChI=1S/C14H27N3O3S/c1-3-8-15-14(18)13-5-4-9-17(13)21(19,20)16-10-6-12(2)7-11-16/h12-13H,3-11H2,1-2H3,(H,15,18). The Morgan fingerprint density at radius 1 is 1.19 bits per heavy atom. The molecule has 21 heavy (non-hydrogen) atoms. The molecule has 0 aromatic heterocycles. The molecular formula is C14H27N3O3S. The lowest BCUT2D eigenvalue weighted by atomic mass is 10.0. The van der Waals surface area contributed by atoms with Gasteiger partial charge in [0.25, 0.3) is 10.2 Å². The second-order valence-electron chi connectivity index (χ2n) is 6.15. The van der Waals surface area contributed by atoms with Gasteiger partial charge in [0.15, 0.2) is 0 Å². The molecule has 1 N–H and O–H groups in total. The fraction of sp³-hybridized carbons (Fsp3) is 0.929. The predicted octanol–water partition coefficient (Wildman–Crippen LogP) is 0.954. The highest BCUT2D eigenvalue weighted by Gasteiger charge is 2.42. The van der Waals surface area contributed by atoms with Gasteiger partial charge in [-0.3, -0.25) is 4.79 Å². The molecule has 2 aliphatic heterocycles. The topological polar surface area (TPSA) is 69.7 Å². The minimum absolute atomic E-state index is 0.150. The first kappa shape index (κ1) is 16.7. The summed E-state index contributed by atoms with van der Waals surface area (Å²) in [7, 11) is -3.50. The van der Waals surface area contributed by atoms with Gasteiger partial charge in [0, 0.05) is 26.2 Å². The Morgan fingerprint density at radius 2 is 1.86 bits per heavy atom. The number of nitrogens with zero attached hydrogens (tertiary/aromatic N) is 2. The highest BCUT2D eigenvalue weighted by atomic mass is 32.2. The molecule has 2 heterocycles. The largest absolute Gasteiger partial charge is 0.355 e. The zero-order valence-corrected chi connectivity index (χ0v) is 13.9. The summed E-state index contributed by atoms with van der Waals surface area (Å²) in [6.45, 7) is 6.34. The predicted molar refractivity (Wildman–Crippen MR) is 81.9 cm³/mol. The maximum atomic E-state index is 12.8. The maximum absolute atomic E-state index is 12.8. The van der Waals surface area contributed by atoms with Crippen LogP contribution >= 0.6 is 0 Å². The molecule has 122 valence electrons. The summed E-state index contributed by atoms with van der Waals surface area (Å²) in [6, 6.07) is -0.527. The number of rotatable bonds is 5. The molecule has 2 saturated heterocycles. The van der Waals surface area contributed by atoms with Crippen LogP contribution in [0.15, 0.2) is 0 Å². The van der Waals surface area contributed by atoms with Crippen LogP contribution in [0.25, 0.3) is 0 Å². The minimum Gasteiger partial charge on any atom is -0.355 e. The van der Waals surface area contributed by atoms with Gasteiger partial charge in [-0.05, 0) is 38.0 Å². The van der Waals surface area contributed by atoms with Crippen LogP contribution in [0.2, 0.25) is 0 Å². The quantitative estimate of drug-likeness (QED) is 0.821. The molecule has 1 unspecified atom stereocenters. The third-order valence-corrected chi connectivity index (χ3v) is 6.47. The summed E-state index contributed by atoms with van der Waals surface area (Å²) in [5.74, 6) is 0.432. The van der Waals surface area contributed by atoms with Crippen LogP contribution in [0.1, 0.15) is 46.0 Å². The van der Waals surface area contributed by atoms with Gasteiger partial charge in [0.1, 0.15) is 6.04 Å². The molecule has 1 atom stereocenters. The fourth-order valence-electron chi connectivity index (χ4n) is 3.01. The van der Waals surface area contributed by atoms with Gasteiger partial charge < -0.3 is 5.32 Å². The molecule has 0 aliphatic carbocycles. The van der Waals surface area contributed by atoms with E-state index in [0.717, 1.165) is 25.7 Å². The number of nitrogens with one attached hydrogen (secondary N) is 1. The van der Waals surface area contributed by atoms with Crippen LogP contribution in [0.3, 0.4) is 0 Å². The van der Waals surface area contributed by atoms with Gasteiger partial charge in [0.2, 0.25) is 5.91 Å². The number of piperidine rings is 1. The lowest BCUT2D eigenvalue weighted by Gasteiger charge is -2.34. The highest BCUT2D eigenvalue weighted by Crippen LogP contribution is 2.26. The molecule has 0 saturated carbocycles. The average molecular weight is 317 g/mol. The average Bonchev–Trinajstić information content (AvgIpc) is 2.95. The van der Waals surface area contributed by atoms with Crippen LogP contribution in [-0.4, -0.2) is 55.2 Å². The summed E-state index contributed by atoms with van der Waals surface area (Å²) in [4.78, 5) is 12.2. The normalized spacial score (nSPS) is 26.1. The number of hydrogen-bond donors (Lipinski definition) is 1. The minimum atomic E-state index is -3.50. The zero-order valence-electron chi connectivity index (χ0n) is 13.0. The lowest BCUT2D eigenvalue weighted by Crippen LogP contribution is -2.52. The molecule has 2 aliphatic rings. The van der Waals surface area contributed by atoms with Crippen molar-refractivity contribution in [1.82, 2.24) is 13.9 Å². The molecule has 6 nitrogen and oxygen atoms in total. The Kier molecular flexibility index (Phi) is 5.62. The summed E-state index contributed by atoms with van der Waals surface area (Å²) in [6.07, 6.45) is 4.04. The number of hydrogen-bond acceptors (Lipinski definition) is 3. The van der Waals surface area contributed by atoms with Gasteiger partial charge >= 0.3 is 0 Å². The second kappa shape index (κ2) is 7.07. The molecule has 7 heteroatoms. The van der Waals surface area contributed by atoms with Crippen LogP contribution in [0.4, 0.5) is 0 Å². The van der Waals surface area contributed by atoms with Crippen molar-refractivity contribution in [1.29, 1.82) is 0 Å². The van der Waals surface area contributed by atoms with Crippen molar-refractivity contribution >= 4 is 16.1 Å². The van der Waals surface area contributed by atoms with E-state index in [0.29, 0.717) is 38.5 Å². The van der Waals surface area contributed by atoms with Crippen molar-refractivity contribution in [2.75, 3.05) is 26.2 Å². The van der Waals surface area contributed by atoms with Crippen molar-refractivity contribution in [3.05, 3.63) is 0 Å². The number of carbonyl (C=O) groups is 1. The Bertz CT molecular complexity index is 458. The molecule has 2 fully saturated rings. The van der Waals surface area contributed by atoms with E-state index in [1.54, 1.807) is 4.31 Å². The van der Waals surface area contributed by atoms with E-state index >= 15 is 0 Å². The Balaban J connectivity index is 2.05. The van der Waals surface area contributed by atoms with E-state index in [4.69, 9.17) is 0 Å². The maximum Gasteiger partial charge on any atom is 0.282 e. The van der Waals surface area contributed by atoms with Crippen molar-refractivity contribution in [3.8, 4) is 0 Å². The van der Waals surface area contributed by atoms with Gasteiger partial charge in [-0.1, -0.05) is 13.8 Å². The SMILES string of the molecule is CCCNC(=O)C1CCCN1S(=O)(=O)N1CCC(C)CC1. The second-order valence-corrected chi connectivity index (χ2v) is 8.03. The molecule has 1 amide bonds. The summed E-state index contributed by atoms with van der Waals surface area (Å²) in [5.41, 5.74) is 0.